The van der Waals surface area contributed by atoms with Crippen LogP contribution in [0.5, 0.6) is 0 Å². The normalized spacial score (nSPS) is 14.2. The molecule has 0 atom stereocenters. The van der Waals surface area contributed by atoms with Gasteiger partial charge in [0.25, 0.3) is 0 Å². The van der Waals surface area contributed by atoms with Gasteiger partial charge in [0, 0.05) is 40.0 Å². The first kappa shape index (κ1) is 18.3. The quantitative estimate of drug-likeness (QED) is 0.562. The van der Waals surface area contributed by atoms with Gasteiger partial charge in [0.05, 0.1) is 13.2 Å². The Morgan fingerprint density at radius 1 is 0.963 bits per heavy atom. The summed E-state index contributed by atoms with van der Waals surface area (Å²) < 4.78 is 6.48. The van der Waals surface area contributed by atoms with Gasteiger partial charge in [-0.2, -0.15) is 0 Å². The third kappa shape index (κ3) is 5.00. The van der Waals surface area contributed by atoms with E-state index in [4.69, 9.17) is 4.74 Å². The largest absolute Gasteiger partial charge is 0.378 e. The second kappa shape index (κ2) is 8.73. The number of ether oxygens (including phenoxy) is 1. The standard InChI is InChI=1S/C20H19BrN4OS/c21-15-1-7-18(8-2-15)27-19-9-10-22-20(24-19)23-16-3-5-17(6-4-16)25-11-13-26-14-12-25/h1-10H,11-14H2,(H,22,23,24). The van der Waals surface area contributed by atoms with Crippen molar-refractivity contribution in [2.75, 3.05) is 36.5 Å². The number of hydrogen-bond acceptors (Lipinski definition) is 6. The molecule has 0 unspecified atom stereocenters. The van der Waals surface area contributed by atoms with Crippen molar-refractivity contribution in [1.82, 2.24) is 9.97 Å². The van der Waals surface area contributed by atoms with Gasteiger partial charge in [0.1, 0.15) is 5.03 Å². The third-order valence-corrected chi connectivity index (χ3v) is 5.64. The summed E-state index contributed by atoms with van der Waals surface area (Å²) in [6.07, 6.45) is 1.78. The maximum atomic E-state index is 5.41. The molecule has 2 aromatic carbocycles. The summed E-state index contributed by atoms with van der Waals surface area (Å²) in [7, 11) is 0. The van der Waals surface area contributed by atoms with Crippen LogP contribution in [0.2, 0.25) is 0 Å². The molecule has 0 radical (unpaired) electrons. The van der Waals surface area contributed by atoms with Gasteiger partial charge in [-0.25, -0.2) is 9.97 Å². The molecule has 0 spiro atoms. The summed E-state index contributed by atoms with van der Waals surface area (Å²) >= 11 is 5.07. The minimum Gasteiger partial charge on any atom is -0.378 e. The van der Waals surface area contributed by atoms with Gasteiger partial charge in [-0.15, -0.1) is 0 Å². The molecule has 1 fully saturated rings. The molecular weight excluding hydrogens is 424 g/mol. The zero-order valence-corrected chi connectivity index (χ0v) is 17.0. The molecule has 5 nitrogen and oxygen atoms in total. The van der Waals surface area contributed by atoms with Crippen LogP contribution in [-0.2, 0) is 4.74 Å². The minimum absolute atomic E-state index is 0.594. The number of rotatable bonds is 5. The number of nitrogens with zero attached hydrogens (tertiary/aromatic N) is 3. The van der Waals surface area contributed by atoms with Crippen LogP contribution < -0.4 is 10.2 Å². The van der Waals surface area contributed by atoms with Crippen LogP contribution in [0.25, 0.3) is 0 Å². The molecule has 3 aromatic rings. The maximum Gasteiger partial charge on any atom is 0.228 e. The topological polar surface area (TPSA) is 50.3 Å². The highest BCUT2D eigenvalue weighted by Gasteiger charge is 2.11. The van der Waals surface area contributed by atoms with Crippen LogP contribution in [0.15, 0.2) is 75.2 Å². The highest BCUT2D eigenvalue weighted by Crippen LogP contribution is 2.28. The van der Waals surface area contributed by atoms with Crippen LogP contribution in [0, 0.1) is 0 Å². The van der Waals surface area contributed by atoms with Gasteiger partial charge in [0.15, 0.2) is 0 Å². The van der Waals surface area contributed by atoms with Crippen LogP contribution >= 0.6 is 27.7 Å². The molecule has 0 saturated carbocycles. The molecule has 1 N–H and O–H groups in total. The highest BCUT2D eigenvalue weighted by atomic mass is 79.9. The van der Waals surface area contributed by atoms with Crippen molar-refractivity contribution in [3.05, 3.63) is 65.3 Å². The van der Waals surface area contributed by atoms with Gasteiger partial charge in [0.2, 0.25) is 5.95 Å². The minimum atomic E-state index is 0.594. The lowest BCUT2D eigenvalue weighted by molar-refractivity contribution is 0.122. The summed E-state index contributed by atoms with van der Waals surface area (Å²) in [5.41, 5.74) is 2.18. The number of halogens is 1. The van der Waals surface area contributed by atoms with E-state index in [0.29, 0.717) is 5.95 Å². The number of anilines is 3. The first-order chi connectivity index (χ1) is 13.3. The fourth-order valence-corrected chi connectivity index (χ4v) is 3.83. The Bertz CT molecular complexity index is 883. The van der Waals surface area contributed by atoms with Crippen LogP contribution in [0.3, 0.4) is 0 Å². The Kier molecular flexibility index (Phi) is 5.91. The van der Waals surface area contributed by atoms with Crippen LogP contribution in [-0.4, -0.2) is 36.3 Å². The molecule has 1 aromatic heterocycles. The number of hydrogen-bond donors (Lipinski definition) is 1. The average molecular weight is 443 g/mol. The monoisotopic (exact) mass is 442 g/mol. The summed E-state index contributed by atoms with van der Waals surface area (Å²) in [5.74, 6) is 0.594. The lowest BCUT2D eigenvalue weighted by Gasteiger charge is -2.28. The Morgan fingerprint density at radius 3 is 2.44 bits per heavy atom. The molecule has 7 heteroatoms. The van der Waals surface area contributed by atoms with E-state index in [2.05, 4.69) is 72.5 Å². The van der Waals surface area contributed by atoms with E-state index in [-0.39, 0.29) is 0 Å². The predicted molar refractivity (Wildman–Crippen MR) is 113 cm³/mol. The molecule has 0 bridgehead atoms. The molecule has 2 heterocycles. The molecule has 0 amide bonds. The van der Waals surface area contributed by atoms with Gasteiger partial charge >= 0.3 is 0 Å². The molecule has 0 aliphatic carbocycles. The highest BCUT2D eigenvalue weighted by molar-refractivity contribution is 9.10. The van der Waals surface area contributed by atoms with Crippen LogP contribution in [0.4, 0.5) is 17.3 Å². The van der Waals surface area contributed by atoms with E-state index < -0.39 is 0 Å². The fraction of sp³-hybridized carbons (Fsp3) is 0.200. The van der Waals surface area contributed by atoms with Crippen LogP contribution in [0.1, 0.15) is 0 Å². The molecule has 1 aliphatic rings. The smallest absolute Gasteiger partial charge is 0.228 e. The number of nitrogens with one attached hydrogen (secondary N) is 1. The second-order valence-corrected chi connectivity index (χ2v) is 8.06. The molecule has 1 aliphatic heterocycles. The van der Waals surface area contributed by atoms with Crippen molar-refractivity contribution in [1.29, 1.82) is 0 Å². The van der Waals surface area contributed by atoms with Crippen molar-refractivity contribution in [2.24, 2.45) is 0 Å². The van der Waals surface area contributed by atoms with E-state index in [9.17, 15) is 0 Å². The van der Waals surface area contributed by atoms with Crippen molar-refractivity contribution >= 4 is 45.0 Å². The van der Waals surface area contributed by atoms with E-state index in [0.717, 1.165) is 46.4 Å². The SMILES string of the molecule is Brc1ccc(Sc2ccnc(Nc3ccc(N4CCOCC4)cc3)n2)cc1. The molecule has 1 saturated heterocycles. The van der Waals surface area contributed by atoms with Crippen molar-refractivity contribution in [2.45, 2.75) is 9.92 Å². The molecule has 27 heavy (non-hydrogen) atoms. The van der Waals surface area contributed by atoms with E-state index >= 15 is 0 Å². The summed E-state index contributed by atoms with van der Waals surface area (Å²) in [4.78, 5) is 12.4. The summed E-state index contributed by atoms with van der Waals surface area (Å²) in [6.45, 7) is 3.45. The summed E-state index contributed by atoms with van der Waals surface area (Å²) in [5, 5.41) is 4.19. The van der Waals surface area contributed by atoms with Gasteiger partial charge in [-0.3, -0.25) is 0 Å². The molecular formula is C20H19BrN4OS. The first-order valence-corrected chi connectivity index (χ1v) is 10.3. The van der Waals surface area contributed by atoms with Gasteiger partial charge in [-0.05, 0) is 54.6 Å². The lowest BCUT2D eigenvalue weighted by atomic mass is 10.2. The zero-order valence-electron chi connectivity index (χ0n) is 14.6. The predicted octanol–water partition coefficient (Wildman–Crippen LogP) is 4.97. The first-order valence-electron chi connectivity index (χ1n) is 8.72. The Morgan fingerprint density at radius 2 is 1.70 bits per heavy atom. The Balaban J connectivity index is 1.42. The van der Waals surface area contributed by atoms with Gasteiger partial charge < -0.3 is 15.0 Å². The number of benzene rings is 2. The van der Waals surface area contributed by atoms with E-state index in [1.54, 1.807) is 18.0 Å². The zero-order chi connectivity index (χ0) is 18.5. The van der Waals surface area contributed by atoms with Crippen molar-refractivity contribution in [3.63, 3.8) is 0 Å². The number of morpholine rings is 1. The maximum absolute atomic E-state index is 5.41. The third-order valence-electron chi connectivity index (χ3n) is 4.17. The summed E-state index contributed by atoms with van der Waals surface area (Å²) in [6, 6.07) is 18.5. The second-order valence-electron chi connectivity index (χ2n) is 6.05. The van der Waals surface area contributed by atoms with Crippen molar-refractivity contribution in [3.8, 4) is 0 Å². The molecule has 138 valence electrons. The number of aromatic nitrogens is 2. The van der Waals surface area contributed by atoms with E-state index in [1.807, 2.05) is 18.2 Å². The average Bonchev–Trinajstić information content (AvgIpc) is 2.71. The fourth-order valence-electron chi connectivity index (χ4n) is 2.79. The van der Waals surface area contributed by atoms with Crippen molar-refractivity contribution < 1.29 is 4.74 Å². The Hall–Kier alpha value is -2.09. The van der Waals surface area contributed by atoms with E-state index in [1.165, 1.54) is 5.69 Å². The van der Waals surface area contributed by atoms with Gasteiger partial charge in [-0.1, -0.05) is 27.7 Å². The lowest BCUT2D eigenvalue weighted by Crippen LogP contribution is -2.36. The molecule has 4 rings (SSSR count). The Labute approximate surface area is 171 Å².